The SMILES string of the molecule is Cc1nccc(-c2coc3ccccc3c2=O)n1. The van der Waals surface area contributed by atoms with Gasteiger partial charge in [-0.2, -0.15) is 0 Å². The molecule has 0 aliphatic carbocycles. The van der Waals surface area contributed by atoms with Crippen LogP contribution in [0.4, 0.5) is 0 Å². The van der Waals surface area contributed by atoms with Crippen molar-refractivity contribution in [3.63, 3.8) is 0 Å². The molecule has 3 aromatic rings. The lowest BCUT2D eigenvalue weighted by Crippen LogP contribution is -2.06. The van der Waals surface area contributed by atoms with Gasteiger partial charge in [-0.05, 0) is 25.1 Å². The second-order valence-electron chi connectivity index (χ2n) is 3.96. The fraction of sp³-hybridized carbons (Fsp3) is 0.0714. The Labute approximate surface area is 103 Å². The van der Waals surface area contributed by atoms with Crippen LogP contribution < -0.4 is 5.43 Å². The highest BCUT2D eigenvalue weighted by molar-refractivity contribution is 5.80. The predicted octanol–water partition coefficient (Wildman–Crippen LogP) is 2.56. The van der Waals surface area contributed by atoms with Crippen LogP contribution in [0.3, 0.4) is 0 Å². The molecule has 0 N–H and O–H groups in total. The molecular weight excluding hydrogens is 228 g/mol. The number of fused-ring (bicyclic) bond motifs is 1. The van der Waals surface area contributed by atoms with Crippen LogP contribution >= 0.6 is 0 Å². The van der Waals surface area contributed by atoms with Crippen molar-refractivity contribution >= 4 is 11.0 Å². The molecule has 4 nitrogen and oxygen atoms in total. The monoisotopic (exact) mass is 238 g/mol. The van der Waals surface area contributed by atoms with E-state index in [-0.39, 0.29) is 5.43 Å². The topological polar surface area (TPSA) is 56.0 Å². The van der Waals surface area contributed by atoms with E-state index in [1.165, 1.54) is 6.26 Å². The highest BCUT2D eigenvalue weighted by Crippen LogP contribution is 2.17. The van der Waals surface area contributed by atoms with E-state index in [2.05, 4.69) is 9.97 Å². The van der Waals surface area contributed by atoms with Gasteiger partial charge in [0.05, 0.1) is 16.6 Å². The smallest absolute Gasteiger partial charge is 0.202 e. The van der Waals surface area contributed by atoms with Crippen LogP contribution in [0.2, 0.25) is 0 Å². The third-order valence-electron chi connectivity index (χ3n) is 2.73. The summed E-state index contributed by atoms with van der Waals surface area (Å²) in [4.78, 5) is 20.6. The van der Waals surface area contributed by atoms with Crippen molar-refractivity contribution < 1.29 is 4.42 Å². The molecule has 18 heavy (non-hydrogen) atoms. The van der Waals surface area contributed by atoms with Crippen molar-refractivity contribution in [2.45, 2.75) is 6.92 Å². The van der Waals surface area contributed by atoms with Crippen LogP contribution in [0.15, 0.2) is 52.0 Å². The highest BCUT2D eigenvalue weighted by Gasteiger charge is 2.09. The maximum atomic E-state index is 12.3. The van der Waals surface area contributed by atoms with Crippen molar-refractivity contribution in [3.05, 3.63) is 58.8 Å². The average Bonchev–Trinajstić information content (AvgIpc) is 2.39. The first kappa shape index (κ1) is 10.7. The Morgan fingerprint density at radius 2 is 2.00 bits per heavy atom. The molecule has 0 radical (unpaired) electrons. The Hall–Kier alpha value is -2.49. The van der Waals surface area contributed by atoms with Gasteiger partial charge in [0.15, 0.2) is 0 Å². The zero-order valence-electron chi connectivity index (χ0n) is 9.75. The highest BCUT2D eigenvalue weighted by atomic mass is 16.3. The zero-order valence-corrected chi connectivity index (χ0v) is 9.75. The fourth-order valence-electron chi connectivity index (χ4n) is 1.86. The van der Waals surface area contributed by atoms with Gasteiger partial charge in [0.25, 0.3) is 0 Å². The summed E-state index contributed by atoms with van der Waals surface area (Å²) in [7, 11) is 0. The largest absolute Gasteiger partial charge is 0.463 e. The normalized spacial score (nSPS) is 10.7. The van der Waals surface area contributed by atoms with Crippen LogP contribution in [-0.4, -0.2) is 9.97 Å². The van der Waals surface area contributed by atoms with Gasteiger partial charge in [-0.1, -0.05) is 12.1 Å². The molecule has 1 aromatic carbocycles. The Kier molecular flexibility index (Phi) is 2.41. The van der Waals surface area contributed by atoms with Gasteiger partial charge in [-0.25, -0.2) is 9.97 Å². The molecule has 0 saturated carbocycles. The van der Waals surface area contributed by atoms with E-state index in [9.17, 15) is 4.79 Å². The number of hydrogen-bond acceptors (Lipinski definition) is 4. The summed E-state index contributed by atoms with van der Waals surface area (Å²) in [5, 5.41) is 0.561. The summed E-state index contributed by atoms with van der Waals surface area (Å²) in [5.41, 5.74) is 1.55. The first-order valence-corrected chi connectivity index (χ1v) is 5.56. The molecule has 0 fully saturated rings. The van der Waals surface area contributed by atoms with Crippen LogP contribution in [0.25, 0.3) is 22.2 Å². The van der Waals surface area contributed by atoms with Crippen LogP contribution in [-0.2, 0) is 0 Å². The summed E-state index contributed by atoms with van der Waals surface area (Å²) >= 11 is 0. The Morgan fingerprint density at radius 1 is 1.17 bits per heavy atom. The zero-order chi connectivity index (χ0) is 12.5. The lowest BCUT2D eigenvalue weighted by molar-refractivity contribution is 0.604. The van der Waals surface area contributed by atoms with E-state index in [4.69, 9.17) is 4.42 Å². The molecule has 0 amide bonds. The van der Waals surface area contributed by atoms with Crippen molar-refractivity contribution in [2.75, 3.05) is 0 Å². The number of aryl methyl sites for hydroxylation is 1. The van der Waals surface area contributed by atoms with Gasteiger partial charge in [0.1, 0.15) is 17.7 Å². The molecule has 2 aromatic heterocycles. The van der Waals surface area contributed by atoms with Crippen molar-refractivity contribution in [1.29, 1.82) is 0 Å². The summed E-state index contributed by atoms with van der Waals surface area (Å²) in [6.45, 7) is 1.78. The lowest BCUT2D eigenvalue weighted by atomic mass is 10.1. The Balaban J connectivity index is 2.31. The quantitative estimate of drug-likeness (QED) is 0.653. The van der Waals surface area contributed by atoms with E-state index in [0.29, 0.717) is 28.1 Å². The first-order valence-electron chi connectivity index (χ1n) is 5.56. The molecule has 88 valence electrons. The first-order chi connectivity index (χ1) is 8.75. The fourth-order valence-corrected chi connectivity index (χ4v) is 1.86. The summed E-state index contributed by atoms with van der Waals surface area (Å²) < 4.78 is 5.46. The molecular formula is C14H10N2O2. The molecule has 0 bridgehead atoms. The number of rotatable bonds is 1. The van der Waals surface area contributed by atoms with E-state index in [0.717, 1.165) is 0 Å². The molecule has 0 spiro atoms. The second kappa shape index (κ2) is 4.07. The number of para-hydroxylation sites is 1. The minimum atomic E-state index is -0.0741. The molecule has 0 aliphatic rings. The molecule has 0 aliphatic heterocycles. The Morgan fingerprint density at radius 3 is 2.83 bits per heavy atom. The van der Waals surface area contributed by atoms with Crippen LogP contribution in [0.1, 0.15) is 5.82 Å². The predicted molar refractivity (Wildman–Crippen MR) is 68.2 cm³/mol. The number of nitrogens with zero attached hydrogens (tertiary/aromatic N) is 2. The number of aromatic nitrogens is 2. The van der Waals surface area contributed by atoms with Gasteiger partial charge in [0.2, 0.25) is 5.43 Å². The van der Waals surface area contributed by atoms with Crippen molar-refractivity contribution in [3.8, 4) is 11.3 Å². The maximum Gasteiger partial charge on any atom is 0.202 e. The van der Waals surface area contributed by atoms with E-state index < -0.39 is 0 Å². The number of benzene rings is 1. The van der Waals surface area contributed by atoms with Crippen LogP contribution in [0, 0.1) is 6.92 Å². The third-order valence-corrected chi connectivity index (χ3v) is 2.73. The van der Waals surface area contributed by atoms with Crippen LogP contribution in [0.5, 0.6) is 0 Å². The van der Waals surface area contributed by atoms with Gasteiger partial charge >= 0.3 is 0 Å². The molecule has 0 atom stereocenters. The Bertz CT molecular complexity index is 778. The van der Waals surface area contributed by atoms with Gasteiger partial charge < -0.3 is 4.42 Å². The van der Waals surface area contributed by atoms with Gasteiger partial charge in [-0.3, -0.25) is 4.79 Å². The molecule has 0 unspecified atom stereocenters. The molecule has 3 rings (SSSR count). The van der Waals surface area contributed by atoms with E-state index >= 15 is 0 Å². The number of hydrogen-bond donors (Lipinski definition) is 0. The summed E-state index contributed by atoms with van der Waals surface area (Å²) in [6, 6.07) is 8.87. The molecule has 0 saturated heterocycles. The van der Waals surface area contributed by atoms with Crippen molar-refractivity contribution in [2.24, 2.45) is 0 Å². The average molecular weight is 238 g/mol. The standard InChI is InChI=1S/C14H10N2O2/c1-9-15-7-6-12(16-9)11-8-18-13-5-3-2-4-10(13)14(11)17/h2-8H,1H3. The van der Waals surface area contributed by atoms with E-state index in [1.54, 1.807) is 31.3 Å². The van der Waals surface area contributed by atoms with Crippen molar-refractivity contribution in [1.82, 2.24) is 9.97 Å². The second-order valence-corrected chi connectivity index (χ2v) is 3.96. The lowest BCUT2D eigenvalue weighted by Gasteiger charge is -2.02. The third kappa shape index (κ3) is 1.68. The summed E-state index contributed by atoms with van der Waals surface area (Å²) in [6.07, 6.45) is 3.08. The molecule has 2 heterocycles. The molecule has 4 heteroatoms. The van der Waals surface area contributed by atoms with Gasteiger partial charge in [-0.15, -0.1) is 0 Å². The minimum Gasteiger partial charge on any atom is -0.463 e. The maximum absolute atomic E-state index is 12.3. The van der Waals surface area contributed by atoms with E-state index in [1.807, 2.05) is 12.1 Å². The summed E-state index contributed by atoms with van der Waals surface area (Å²) in [5.74, 6) is 0.625. The van der Waals surface area contributed by atoms with Gasteiger partial charge in [0, 0.05) is 6.20 Å². The minimum absolute atomic E-state index is 0.0741.